The molecule has 2 amide bonds. The fourth-order valence-corrected chi connectivity index (χ4v) is 3.15. The van der Waals surface area contributed by atoms with E-state index in [0.717, 1.165) is 5.69 Å². The number of nitrogens with zero attached hydrogens (tertiary/aromatic N) is 1. The number of para-hydroxylation sites is 3. The molecule has 1 fully saturated rings. The predicted molar refractivity (Wildman–Crippen MR) is 94.4 cm³/mol. The molecule has 0 aromatic heterocycles. The second kappa shape index (κ2) is 7.18. The van der Waals surface area contributed by atoms with Gasteiger partial charge in [-0.25, -0.2) is 4.99 Å². The normalized spacial score (nSPS) is 18.4. The molecule has 0 spiro atoms. The number of hydrogen-bond donors (Lipinski definition) is 3. The number of amides is 2. The SMILES string of the molecule is O=C(CC1SC(=Nc2ccccc2)NC1=O)Nc1ccccc1O. The van der Waals surface area contributed by atoms with Crippen molar-refractivity contribution in [1.29, 1.82) is 0 Å². The summed E-state index contributed by atoms with van der Waals surface area (Å²) in [6, 6.07) is 15.7. The van der Waals surface area contributed by atoms with Gasteiger partial charge in [0, 0.05) is 6.42 Å². The number of carbonyl (C=O) groups excluding carboxylic acids is 2. The van der Waals surface area contributed by atoms with Crippen molar-refractivity contribution in [3.63, 3.8) is 0 Å². The minimum Gasteiger partial charge on any atom is -0.506 e. The molecule has 3 N–H and O–H groups in total. The summed E-state index contributed by atoms with van der Waals surface area (Å²) >= 11 is 1.22. The number of amidine groups is 1. The number of benzene rings is 2. The quantitative estimate of drug-likeness (QED) is 0.746. The zero-order valence-electron chi connectivity index (χ0n) is 12.6. The van der Waals surface area contributed by atoms with Gasteiger partial charge in [-0.05, 0) is 24.3 Å². The second-order valence-corrected chi connectivity index (χ2v) is 6.31. The van der Waals surface area contributed by atoms with Gasteiger partial charge in [-0.15, -0.1) is 0 Å². The molecule has 2 aromatic rings. The molecule has 0 saturated carbocycles. The summed E-state index contributed by atoms with van der Waals surface area (Å²) in [4.78, 5) is 28.4. The molecule has 0 aliphatic carbocycles. The Morgan fingerprint density at radius 3 is 2.62 bits per heavy atom. The van der Waals surface area contributed by atoms with Crippen LogP contribution in [0.2, 0.25) is 0 Å². The monoisotopic (exact) mass is 341 g/mol. The maximum atomic E-state index is 12.1. The third-order valence-corrected chi connectivity index (χ3v) is 4.39. The first-order chi connectivity index (χ1) is 11.6. The Bertz CT molecular complexity index is 793. The van der Waals surface area contributed by atoms with Gasteiger partial charge in [0.15, 0.2) is 5.17 Å². The van der Waals surface area contributed by atoms with Crippen molar-refractivity contribution in [3.8, 4) is 5.75 Å². The number of phenolic OH excluding ortho intramolecular Hbond substituents is 1. The number of aromatic hydroxyl groups is 1. The molecule has 1 aliphatic rings. The Balaban J connectivity index is 1.62. The average Bonchev–Trinajstić information content (AvgIpc) is 2.90. The Morgan fingerprint density at radius 1 is 1.17 bits per heavy atom. The summed E-state index contributed by atoms with van der Waals surface area (Å²) in [7, 11) is 0. The third kappa shape index (κ3) is 3.94. The highest BCUT2D eigenvalue weighted by Crippen LogP contribution is 2.26. The maximum Gasteiger partial charge on any atom is 0.240 e. The summed E-state index contributed by atoms with van der Waals surface area (Å²) < 4.78 is 0. The number of thioether (sulfide) groups is 1. The molecule has 0 radical (unpaired) electrons. The van der Waals surface area contributed by atoms with Crippen LogP contribution in [0.1, 0.15) is 6.42 Å². The van der Waals surface area contributed by atoms with E-state index in [4.69, 9.17) is 0 Å². The van der Waals surface area contributed by atoms with E-state index in [1.807, 2.05) is 30.3 Å². The molecule has 6 nitrogen and oxygen atoms in total. The molecule has 1 unspecified atom stereocenters. The van der Waals surface area contributed by atoms with Crippen LogP contribution < -0.4 is 10.6 Å². The van der Waals surface area contributed by atoms with Gasteiger partial charge in [0.05, 0.1) is 11.4 Å². The minimum absolute atomic E-state index is 0.00135. The van der Waals surface area contributed by atoms with E-state index in [1.54, 1.807) is 18.2 Å². The van der Waals surface area contributed by atoms with Crippen molar-refractivity contribution in [3.05, 3.63) is 54.6 Å². The van der Waals surface area contributed by atoms with Gasteiger partial charge in [-0.3, -0.25) is 9.59 Å². The highest BCUT2D eigenvalue weighted by Gasteiger charge is 2.32. The lowest BCUT2D eigenvalue weighted by molar-refractivity contribution is -0.122. The van der Waals surface area contributed by atoms with Crippen LogP contribution in [0.4, 0.5) is 11.4 Å². The van der Waals surface area contributed by atoms with Crippen LogP contribution in [-0.2, 0) is 9.59 Å². The van der Waals surface area contributed by atoms with Gasteiger partial charge in [0.1, 0.15) is 11.0 Å². The Hall–Kier alpha value is -2.80. The summed E-state index contributed by atoms with van der Waals surface area (Å²) in [5, 5.41) is 14.9. The van der Waals surface area contributed by atoms with Crippen molar-refractivity contribution in [1.82, 2.24) is 5.32 Å². The number of aliphatic imine (C=N–C) groups is 1. The Morgan fingerprint density at radius 2 is 1.88 bits per heavy atom. The molecule has 1 heterocycles. The topological polar surface area (TPSA) is 90.8 Å². The molecular formula is C17H15N3O3S. The number of anilines is 1. The van der Waals surface area contributed by atoms with Crippen LogP contribution in [-0.4, -0.2) is 27.3 Å². The summed E-state index contributed by atoms with van der Waals surface area (Å²) in [5.74, 6) is -0.604. The lowest BCUT2D eigenvalue weighted by Gasteiger charge is -2.08. The molecule has 122 valence electrons. The van der Waals surface area contributed by atoms with Gasteiger partial charge in [-0.2, -0.15) is 0 Å². The highest BCUT2D eigenvalue weighted by atomic mass is 32.2. The molecule has 3 rings (SSSR count). The van der Waals surface area contributed by atoms with E-state index in [-0.39, 0.29) is 24.0 Å². The predicted octanol–water partition coefficient (Wildman–Crippen LogP) is 2.64. The van der Waals surface area contributed by atoms with Crippen molar-refractivity contribution in [2.24, 2.45) is 4.99 Å². The molecule has 1 aliphatic heterocycles. The molecule has 1 saturated heterocycles. The van der Waals surface area contributed by atoms with E-state index in [9.17, 15) is 14.7 Å². The van der Waals surface area contributed by atoms with Crippen LogP contribution in [0.15, 0.2) is 59.6 Å². The van der Waals surface area contributed by atoms with E-state index >= 15 is 0 Å². The van der Waals surface area contributed by atoms with Crippen molar-refractivity contribution >= 4 is 40.1 Å². The van der Waals surface area contributed by atoms with Gasteiger partial charge >= 0.3 is 0 Å². The number of hydrogen-bond acceptors (Lipinski definition) is 5. The van der Waals surface area contributed by atoms with E-state index in [1.165, 1.54) is 17.8 Å². The van der Waals surface area contributed by atoms with Crippen LogP contribution >= 0.6 is 11.8 Å². The Labute approximate surface area is 143 Å². The first kappa shape index (κ1) is 16.1. The molecule has 24 heavy (non-hydrogen) atoms. The fourth-order valence-electron chi connectivity index (χ4n) is 2.16. The van der Waals surface area contributed by atoms with Crippen LogP contribution in [0, 0.1) is 0 Å². The molecular weight excluding hydrogens is 326 g/mol. The number of phenols is 1. The van der Waals surface area contributed by atoms with Gasteiger partial charge in [0.2, 0.25) is 11.8 Å². The summed E-state index contributed by atoms with van der Waals surface area (Å²) in [6.45, 7) is 0. The zero-order chi connectivity index (χ0) is 16.9. The van der Waals surface area contributed by atoms with Crippen LogP contribution in [0.3, 0.4) is 0 Å². The lowest BCUT2D eigenvalue weighted by Crippen LogP contribution is -2.28. The minimum atomic E-state index is -0.543. The maximum absolute atomic E-state index is 12.1. The number of rotatable bonds is 4. The van der Waals surface area contributed by atoms with Crippen LogP contribution in [0.25, 0.3) is 0 Å². The third-order valence-electron chi connectivity index (χ3n) is 3.31. The molecule has 7 heteroatoms. The zero-order valence-corrected chi connectivity index (χ0v) is 13.4. The van der Waals surface area contributed by atoms with Crippen molar-refractivity contribution in [2.45, 2.75) is 11.7 Å². The smallest absolute Gasteiger partial charge is 0.240 e. The van der Waals surface area contributed by atoms with Gasteiger partial charge in [0.25, 0.3) is 0 Å². The standard InChI is InChI=1S/C17H15N3O3S/c21-13-9-5-4-8-12(13)19-15(22)10-14-16(23)20-17(24-14)18-11-6-2-1-3-7-11/h1-9,14,21H,10H2,(H,19,22)(H,18,20,23). The largest absolute Gasteiger partial charge is 0.506 e. The average molecular weight is 341 g/mol. The molecule has 2 aromatic carbocycles. The molecule has 0 bridgehead atoms. The second-order valence-electron chi connectivity index (χ2n) is 5.12. The number of nitrogens with one attached hydrogen (secondary N) is 2. The van der Waals surface area contributed by atoms with E-state index < -0.39 is 5.25 Å². The van der Waals surface area contributed by atoms with E-state index in [2.05, 4.69) is 15.6 Å². The van der Waals surface area contributed by atoms with Gasteiger partial charge < -0.3 is 15.7 Å². The lowest BCUT2D eigenvalue weighted by atomic mass is 10.2. The summed E-state index contributed by atoms with van der Waals surface area (Å²) in [6.07, 6.45) is -0.00135. The van der Waals surface area contributed by atoms with Gasteiger partial charge in [-0.1, -0.05) is 42.1 Å². The number of carbonyl (C=O) groups is 2. The van der Waals surface area contributed by atoms with Crippen molar-refractivity contribution in [2.75, 3.05) is 5.32 Å². The Kier molecular flexibility index (Phi) is 4.81. The first-order valence-corrected chi connectivity index (χ1v) is 8.19. The molecule has 1 atom stereocenters. The summed E-state index contributed by atoms with van der Waals surface area (Å²) in [5.41, 5.74) is 1.06. The van der Waals surface area contributed by atoms with Crippen LogP contribution in [0.5, 0.6) is 5.75 Å². The highest BCUT2D eigenvalue weighted by molar-refractivity contribution is 8.15. The van der Waals surface area contributed by atoms with E-state index in [0.29, 0.717) is 10.9 Å². The first-order valence-electron chi connectivity index (χ1n) is 7.31. The van der Waals surface area contributed by atoms with Crippen molar-refractivity contribution < 1.29 is 14.7 Å². The fraction of sp³-hybridized carbons (Fsp3) is 0.118.